The second-order valence-electron chi connectivity index (χ2n) is 7.12. The lowest BCUT2D eigenvalue weighted by Crippen LogP contribution is -2.57. The topological polar surface area (TPSA) is 105 Å². The van der Waals surface area contributed by atoms with Crippen molar-refractivity contribution in [1.82, 2.24) is 10.2 Å². The molecule has 3 rings (SSSR count). The summed E-state index contributed by atoms with van der Waals surface area (Å²) in [5, 5.41) is 12.1. The average molecular weight is 383 g/mol. The van der Waals surface area contributed by atoms with Crippen LogP contribution in [-0.2, 0) is 11.3 Å². The zero-order chi connectivity index (χ0) is 20.0. The van der Waals surface area contributed by atoms with E-state index in [2.05, 4.69) is 5.32 Å². The Balaban J connectivity index is 1.43. The van der Waals surface area contributed by atoms with Gasteiger partial charge in [-0.25, -0.2) is 4.79 Å². The molecular weight excluding hydrogens is 358 g/mol. The highest BCUT2D eigenvalue weighted by atomic mass is 16.6. The van der Waals surface area contributed by atoms with Gasteiger partial charge in [0.2, 0.25) is 0 Å². The lowest BCUT2D eigenvalue weighted by molar-refractivity contribution is 0.0758. The summed E-state index contributed by atoms with van der Waals surface area (Å²) in [6.45, 7) is 1.53. The molecule has 0 atom stereocenters. The zero-order valence-electron chi connectivity index (χ0n) is 15.6. The van der Waals surface area contributed by atoms with Gasteiger partial charge in [0, 0.05) is 30.7 Å². The number of carbonyl (C=O) groups excluding carboxylic acids is 2. The van der Waals surface area contributed by atoms with Crippen LogP contribution in [0.25, 0.3) is 0 Å². The third kappa shape index (κ3) is 5.23. The molecule has 1 aliphatic rings. The van der Waals surface area contributed by atoms with E-state index < -0.39 is 5.54 Å². The van der Waals surface area contributed by atoms with Crippen LogP contribution < -0.4 is 11.1 Å². The monoisotopic (exact) mass is 383 g/mol. The van der Waals surface area contributed by atoms with Crippen LogP contribution >= 0.6 is 0 Å². The van der Waals surface area contributed by atoms with Crippen LogP contribution in [0.15, 0.2) is 54.6 Å². The summed E-state index contributed by atoms with van der Waals surface area (Å²) in [5.41, 5.74) is 7.24. The lowest BCUT2D eigenvalue weighted by atomic mass is 9.88. The summed E-state index contributed by atoms with van der Waals surface area (Å²) < 4.78 is 5.36. The minimum atomic E-state index is -0.567. The Morgan fingerprint density at radius 2 is 1.71 bits per heavy atom. The molecule has 0 bridgehead atoms. The quantitative estimate of drug-likeness (QED) is 0.734. The third-order valence-corrected chi connectivity index (χ3v) is 4.95. The molecule has 1 heterocycles. The lowest BCUT2D eigenvalue weighted by Gasteiger charge is -2.38. The number of hydrogen-bond donors (Lipinski definition) is 3. The highest BCUT2D eigenvalue weighted by molar-refractivity contribution is 5.94. The van der Waals surface area contributed by atoms with E-state index in [0.29, 0.717) is 38.0 Å². The van der Waals surface area contributed by atoms with Crippen LogP contribution in [0, 0.1) is 0 Å². The van der Waals surface area contributed by atoms with Gasteiger partial charge in [-0.1, -0.05) is 30.3 Å². The number of nitrogens with zero attached hydrogens (tertiary/aromatic N) is 1. The molecule has 7 heteroatoms. The molecule has 7 nitrogen and oxygen atoms in total. The van der Waals surface area contributed by atoms with Crippen molar-refractivity contribution in [2.24, 2.45) is 5.73 Å². The second-order valence-corrected chi connectivity index (χ2v) is 7.12. The molecule has 0 unspecified atom stereocenters. The van der Waals surface area contributed by atoms with E-state index in [9.17, 15) is 14.7 Å². The SMILES string of the molecule is NC1(CNC(=O)c2ccc(O)cc2)CCN(C(=O)OCc2ccccc2)CC1. The number of nitrogens with two attached hydrogens (primary N) is 1. The van der Waals surface area contributed by atoms with Crippen LogP contribution in [0.3, 0.4) is 0 Å². The van der Waals surface area contributed by atoms with Gasteiger partial charge in [0.25, 0.3) is 5.91 Å². The first-order valence-electron chi connectivity index (χ1n) is 9.27. The highest BCUT2D eigenvalue weighted by Gasteiger charge is 2.33. The van der Waals surface area contributed by atoms with Gasteiger partial charge >= 0.3 is 6.09 Å². The van der Waals surface area contributed by atoms with E-state index in [1.54, 1.807) is 17.0 Å². The predicted octanol–water partition coefficient (Wildman–Crippen LogP) is 2.25. The molecular formula is C21H25N3O4. The van der Waals surface area contributed by atoms with Gasteiger partial charge in [0.1, 0.15) is 12.4 Å². The van der Waals surface area contributed by atoms with Crippen LogP contribution in [0.1, 0.15) is 28.8 Å². The Morgan fingerprint density at radius 1 is 1.07 bits per heavy atom. The van der Waals surface area contributed by atoms with Gasteiger partial charge < -0.3 is 25.8 Å². The van der Waals surface area contributed by atoms with Crippen LogP contribution in [0.2, 0.25) is 0 Å². The van der Waals surface area contributed by atoms with Crippen molar-refractivity contribution in [3.8, 4) is 5.75 Å². The number of carbonyl (C=O) groups is 2. The van der Waals surface area contributed by atoms with E-state index in [-0.39, 0.29) is 24.4 Å². The second kappa shape index (κ2) is 8.75. The molecule has 4 N–H and O–H groups in total. The molecule has 1 aliphatic heterocycles. The minimum absolute atomic E-state index is 0.110. The number of amides is 2. The highest BCUT2D eigenvalue weighted by Crippen LogP contribution is 2.20. The normalized spacial score (nSPS) is 15.7. The molecule has 2 aromatic carbocycles. The van der Waals surface area contributed by atoms with Crippen molar-refractivity contribution in [1.29, 1.82) is 0 Å². The molecule has 0 radical (unpaired) electrons. The number of piperidine rings is 1. The summed E-state index contributed by atoms with van der Waals surface area (Å²) in [6, 6.07) is 15.6. The summed E-state index contributed by atoms with van der Waals surface area (Å²) in [7, 11) is 0. The van der Waals surface area contributed by atoms with E-state index in [1.165, 1.54) is 12.1 Å². The predicted molar refractivity (Wildman–Crippen MR) is 105 cm³/mol. The minimum Gasteiger partial charge on any atom is -0.508 e. The van der Waals surface area contributed by atoms with E-state index in [4.69, 9.17) is 10.5 Å². The Morgan fingerprint density at radius 3 is 2.36 bits per heavy atom. The molecule has 0 aromatic heterocycles. The molecule has 148 valence electrons. The van der Waals surface area contributed by atoms with Gasteiger partial charge in [0.05, 0.1) is 0 Å². The first kappa shape index (κ1) is 19.7. The molecule has 2 aromatic rings. The van der Waals surface area contributed by atoms with Crippen molar-refractivity contribution in [3.05, 3.63) is 65.7 Å². The van der Waals surface area contributed by atoms with E-state index >= 15 is 0 Å². The summed E-state index contributed by atoms with van der Waals surface area (Å²) >= 11 is 0. The van der Waals surface area contributed by atoms with Crippen molar-refractivity contribution in [2.45, 2.75) is 25.0 Å². The van der Waals surface area contributed by atoms with E-state index in [0.717, 1.165) is 5.56 Å². The molecule has 2 amide bonds. The number of hydrogen-bond acceptors (Lipinski definition) is 5. The van der Waals surface area contributed by atoms with Crippen LogP contribution in [0.4, 0.5) is 4.79 Å². The standard InChI is InChI=1S/C21H25N3O4/c22-21(15-23-19(26)17-6-8-18(25)9-7-17)10-12-24(13-11-21)20(27)28-14-16-4-2-1-3-5-16/h1-9,25H,10-15,22H2,(H,23,26). The van der Waals surface area contributed by atoms with Gasteiger partial charge in [-0.05, 0) is 42.7 Å². The van der Waals surface area contributed by atoms with Crippen LogP contribution in [0.5, 0.6) is 5.75 Å². The number of ether oxygens (including phenoxy) is 1. The Kier molecular flexibility index (Phi) is 6.16. The fourth-order valence-electron chi connectivity index (χ4n) is 3.09. The first-order valence-corrected chi connectivity index (χ1v) is 9.27. The van der Waals surface area contributed by atoms with Crippen molar-refractivity contribution in [2.75, 3.05) is 19.6 Å². The average Bonchev–Trinajstić information content (AvgIpc) is 2.72. The van der Waals surface area contributed by atoms with Crippen molar-refractivity contribution in [3.63, 3.8) is 0 Å². The van der Waals surface area contributed by atoms with Gasteiger partial charge in [-0.3, -0.25) is 4.79 Å². The van der Waals surface area contributed by atoms with Crippen molar-refractivity contribution >= 4 is 12.0 Å². The van der Waals surface area contributed by atoms with Crippen LogP contribution in [-0.4, -0.2) is 47.2 Å². The summed E-state index contributed by atoms with van der Waals surface area (Å²) in [5.74, 6) is -0.132. The number of nitrogens with one attached hydrogen (secondary N) is 1. The fraction of sp³-hybridized carbons (Fsp3) is 0.333. The maximum atomic E-state index is 12.2. The molecule has 28 heavy (non-hydrogen) atoms. The van der Waals surface area contributed by atoms with Crippen molar-refractivity contribution < 1.29 is 19.4 Å². The number of aromatic hydroxyl groups is 1. The van der Waals surface area contributed by atoms with Gasteiger partial charge in [-0.2, -0.15) is 0 Å². The maximum absolute atomic E-state index is 12.2. The molecule has 0 aliphatic carbocycles. The maximum Gasteiger partial charge on any atom is 0.410 e. The van der Waals surface area contributed by atoms with E-state index in [1.807, 2.05) is 30.3 Å². The largest absolute Gasteiger partial charge is 0.508 e. The molecule has 1 fully saturated rings. The first-order chi connectivity index (χ1) is 13.5. The summed E-state index contributed by atoms with van der Waals surface area (Å²) in [4.78, 5) is 26.1. The van der Waals surface area contributed by atoms with Gasteiger partial charge in [0.15, 0.2) is 0 Å². The number of phenols is 1. The smallest absolute Gasteiger partial charge is 0.410 e. The Labute approximate surface area is 164 Å². The number of phenolic OH excluding ortho intramolecular Hbond substituents is 1. The molecule has 0 spiro atoms. The Bertz CT molecular complexity index is 800. The number of rotatable bonds is 5. The molecule has 1 saturated heterocycles. The zero-order valence-corrected chi connectivity index (χ0v) is 15.6. The molecule has 0 saturated carbocycles. The third-order valence-electron chi connectivity index (χ3n) is 4.95. The fourth-order valence-corrected chi connectivity index (χ4v) is 3.09. The number of benzene rings is 2. The van der Waals surface area contributed by atoms with Gasteiger partial charge in [-0.15, -0.1) is 0 Å². The summed E-state index contributed by atoms with van der Waals surface area (Å²) in [6.07, 6.45) is 0.797. The Hall–Kier alpha value is -3.06. The number of likely N-dealkylation sites (tertiary alicyclic amines) is 1.